The number of hydrogen-bond donors (Lipinski definition) is 2. The molecule has 1 aromatic carbocycles. The maximum Gasteiger partial charge on any atom is 0.0653 e. The summed E-state index contributed by atoms with van der Waals surface area (Å²) in [6, 6.07) is 6.70. The van der Waals surface area contributed by atoms with Crippen LogP contribution in [0.4, 0.5) is 0 Å². The third-order valence-corrected chi connectivity index (χ3v) is 5.91. The van der Waals surface area contributed by atoms with E-state index in [-0.39, 0.29) is 0 Å². The molecular formula is C17H23N3. The number of benzene rings is 1. The number of nitrogens with one attached hydrogen (secondary N) is 2. The molecule has 1 saturated carbocycles. The monoisotopic (exact) mass is 269 g/mol. The van der Waals surface area contributed by atoms with Gasteiger partial charge in [0.15, 0.2) is 0 Å². The molecule has 2 fully saturated rings. The quantitative estimate of drug-likeness (QED) is 0.878. The number of H-pyrrole nitrogens is 1. The van der Waals surface area contributed by atoms with E-state index in [0.717, 1.165) is 11.8 Å². The van der Waals surface area contributed by atoms with Gasteiger partial charge in [-0.15, -0.1) is 0 Å². The van der Waals surface area contributed by atoms with E-state index in [4.69, 9.17) is 0 Å². The van der Waals surface area contributed by atoms with Crippen molar-refractivity contribution in [2.45, 2.75) is 38.0 Å². The molecule has 1 aliphatic carbocycles. The highest BCUT2D eigenvalue weighted by Crippen LogP contribution is 2.52. The Morgan fingerprint density at radius 3 is 2.80 bits per heavy atom. The van der Waals surface area contributed by atoms with Crippen molar-refractivity contribution < 1.29 is 0 Å². The third kappa shape index (κ3) is 1.53. The summed E-state index contributed by atoms with van der Waals surface area (Å²) in [4.78, 5) is 0. The predicted molar refractivity (Wildman–Crippen MR) is 81.8 cm³/mol. The molecule has 4 rings (SSSR count). The van der Waals surface area contributed by atoms with Gasteiger partial charge in [0, 0.05) is 10.8 Å². The molecule has 20 heavy (non-hydrogen) atoms. The highest BCUT2D eigenvalue weighted by Gasteiger charge is 2.49. The van der Waals surface area contributed by atoms with Gasteiger partial charge in [-0.25, -0.2) is 0 Å². The highest BCUT2D eigenvalue weighted by molar-refractivity contribution is 5.83. The molecule has 1 aliphatic heterocycles. The number of fused-ring (bicyclic) bond motifs is 3. The van der Waals surface area contributed by atoms with Crippen LogP contribution >= 0.6 is 0 Å². The molecule has 2 N–H and O–H groups in total. The van der Waals surface area contributed by atoms with Crippen LogP contribution in [-0.2, 0) is 5.41 Å². The second-order valence-electron chi connectivity index (χ2n) is 6.51. The molecular weight excluding hydrogens is 246 g/mol. The van der Waals surface area contributed by atoms with E-state index < -0.39 is 0 Å². The lowest BCUT2D eigenvalue weighted by Gasteiger charge is -2.54. The second-order valence-corrected chi connectivity index (χ2v) is 6.51. The number of hydrogen-bond acceptors (Lipinski definition) is 2. The zero-order valence-electron chi connectivity index (χ0n) is 12.2. The number of piperidine rings is 1. The van der Waals surface area contributed by atoms with E-state index in [9.17, 15) is 0 Å². The molecule has 2 aromatic rings. The Morgan fingerprint density at radius 1 is 1.25 bits per heavy atom. The van der Waals surface area contributed by atoms with Gasteiger partial charge in [0.05, 0.1) is 11.7 Å². The molecule has 106 valence electrons. The van der Waals surface area contributed by atoms with Crippen LogP contribution in [-0.4, -0.2) is 23.3 Å². The van der Waals surface area contributed by atoms with Crippen LogP contribution in [0.3, 0.4) is 0 Å². The molecule has 3 nitrogen and oxygen atoms in total. The Kier molecular flexibility index (Phi) is 2.84. The first-order valence-electron chi connectivity index (χ1n) is 7.99. The fourth-order valence-electron chi connectivity index (χ4n) is 5.04. The van der Waals surface area contributed by atoms with Crippen LogP contribution in [0, 0.1) is 11.8 Å². The first kappa shape index (κ1) is 12.4. The van der Waals surface area contributed by atoms with Crippen LogP contribution < -0.4 is 5.32 Å². The van der Waals surface area contributed by atoms with Crippen molar-refractivity contribution in [1.82, 2.24) is 15.5 Å². The molecule has 0 amide bonds. The Bertz CT molecular complexity index is 593. The summed E-state index contributed by atoms with van der Waals surface area (Å²) in [7, 11) is 0. The van der Waals surface area contributed by atoms with Crippen molar-refractivity contribution >= 4 is 10.9 Å². The first-order valence-corrected chi connectivity index (χ1v) is 7.99. The summed E-state index contributed by atoms with van der Waals surface area (Å²) in [5, 5.41) is 12.4. The molecule has 1 aromatic heterocycles. The topological polar surface area (TPSA) is 40.7 Å². The van der Waals surface area contributed by atoms with Crippen LogP contribution in [0.2, 0.25) is 0 Å². The molecule has 2 aliphatic rings. The first-order chi connectivity index (χ1) is 9.86. The van der Waals surface area contributed by atoms with Gasteiger partial charge < -0.3 is 5.32 Å². The summed E-state index contributed by atoms with van der Waals surface area (Å²) in [5.74, 6) is 1.56. The van der Waals surface area contributed by atoms with Gasteiger partial charge in [0.2, 0.25) is 0 Å². The van der Waals surface area contributed by atoms with Crippen molar-refractivity contribution in [3.05, 3.63) is 30.0 Å². The van der Waals surface area contributed by atoms with Crippen molar-refractivity contribution in [1.29, 1.82) is 0 Å². The van der Waals surface area contributed by atoms with Crippen LogP contribution in [0.1, 0.15) is 38.2 Å². The second kappa shape index (κ2) is 4.59. The van der Waals surface area contributed by atoms with E-state index in [1.807, 2.05) is 6.20 Å². The molecule has 0 spiro atoms. The Morgan fingerprint density at radius 2 is 2.05 bits per heavy atom. The van der Waals surface area contributed by atoms with E-state index in [1.54, 1.807) is 5.56 Å². The fraction of sp³-hybridized carbons (Fsp3) is 0.588. The molecule has 1 saturated heterocycles. The summed E-state index contributed by atoms with van der Waals surface area (Å²) >= 11 is 0. The number of nitrogens with zero attached hydrogens (tertiary/aromatic N) is 1. The molecule has 2 atom stereocenters. The Hall–Kier alpha value is -1.35. The van der Waals surface area contributed by atoms with Crippen molar-refractivity contribution in [2.75, 3.05) is 13.1 Å². The van der Waals surface area contributed by atoms with Gasteiger partial charge in [-0.3, -0.25) is 5.10 Å². The Labute approximate surface area is 120 Å². The lowest BCUT2D eigenvalue weighted by atomic mass is 9.53. The predicted octanol–water partition coefficient (Wildman–Crippen LogP) is 3.23. The third-order valence-electron chi connectivity index (χ3n) is 5.91. The van der Waals surface area contributed by atoms with Crippen LogP contribution in [0.5, 0.6) is 0 Å². The van der Waals surface area contributed by atoms with E-state index >= 15 is 0 Å². The van der Waals surface area contributed by atoms with E-state index in [0.29, 0.717) is 5.41 Å². The largest absolute Gasteiger partial charge is 0.316 e. The van der Waals surface area contributed by atoms with Crippen molar-refractivity contribution in [2.24, 2.45) is 11.8 Å². The van der Waals surface area contributed by atoms with Crippen molar-refractivity contribution in [3.8, 4) is 0 Å². The number of aromatic nitrogens is 2. The van der Waals surface area contributed by atoms with E-state index in [2.05, 4.69) is 40.6 Å². The van der Waals surface area contributed by atoms with Gasteiger partial charge in [0.25, 0.3) is 0 Å². The van der Waals surface area contributed by atoms with Crippen LogP contribution in [0.25, 0.3) is 10.9 Å². The van der Waals surface area contributed by atoms with Gasteiger partial charge in [-0.05, 0) is 55.8 Å². The number of rotatable bonds is 2. The zero-order valence-corrected chi connectivity index (χ0v) is 12.2. The molecule has 2 heterocycles. The molecule has 2 bridgehead atoms. The van der Waals surface area contributed by atoms with Crippen LogP contribution in [0.15, 0.2) is 24.4 Å². The average Bonchev–Trinajstić information content (AvgIpc) is 2.94. The highest BCUT2D eigenvalue weighted by atomic mass is 15.1. The molecule has 0 radical (unpaired) electrons. The summed E-state index contributed by atoms with van der Waals surface area (Å²) in [6.07, 6.45) is 7.41. The summed E-state index contributed by atoms with van der Waals surface area (Å²) in [5.41, 5.74) is 3.08. The van der Waals surface area contributed by atoms with Gasteiger partial charge in [0.1, 0.15) is 0 Å². The van der Waals surface area contributed by atoms with Gasteiger partial charge in [-0.1, -0.05) is 25.5 Å². The maximum atomic E-state index is 4.28. The molecule has 2 unspecified atom stereocenters. The smallest absolute Gasteiger partial charge is 0.0653 e. The SMILES string of the molecule is CCC1(c2cccc3[nH]ncc23)C2CCCC1CNC2. The molecule has 3 heteroatoms. The standard InChI is InChI=1S/C17H23N3/c1-2-17(12-5-3-6-13(17)10-18-9-12)15-7-4-8-16-14(15)11-19-20-16/h4,7-8,11-13,18H,2-3,5-6,9-10H2,1H3,(H,19,20). The average molecular weight is 269 g/mol. The lowest BCUT2D eigenvalue weighted by molar-refractivity contribution is 0.0637. The summed E-state index contributed by atoms with van der Waals surface area (Å²) in [6.45, 7) is 4.74. The van der Waals surface area contributed by atoms with Crippen molar-refractivity contribution in [3.63, 3.8) is 0 Å². The normalized spacial score (nSPS) is 33.5. The zero-order chi connectivity index (χ0) is 13.6. The van der Waals surface area contributed by atoms with E-state index in [1.165, 1.54) is 49.7 Å². The summed E-state index contributed by atoms with van der Waals surface area (Å²) < 4.78 is 0. The minimum Gasteiger partial charge on any atom is -0.316 e. The minimum absolute atomic E-state index is 0.354. The fourth-order valence-corrected chi connectivity index (χ4v) is 5.04. The minimum atomic E-state index is 0.354. The number of aromatic amines is 1. The van der Waals surface area contributed by atoms with Gasteiger partial charge in [-0.2, -0.15) is 5.10 Å². The Balaban J connectivity index is 1.94. The van der Waals surface area contributed by atoms with Gasteiger partial charge >= 0.3 is 0 Å². The maximum absolute atomic E-state index is 4.28. The lowest BCUT2D eigenvalue weighted by Crippen LogP contribution is -2.56.